The highest BCUT2D eigenvalue weighted by Gasteiger charge is 2.23. The van der Waals surface area contributed by atoms with Crippen LogP contribution in [-0.4, -0.2) is 20.1 Å². The van der Waals surface area contributed by atoms with Crippen molar-refractivity contribution in [1.82, 2.24) is 14.2 Å². The second-order valence-corrected chi connectivity index (χ2v) is 7.64. The molecular weight excluding hydrogens is 340 g/mol. The molecule has 0 spiro atoms. The summed E-state index contributed by atoms with van der Waals surface area (Å²) in [4.78, 5) is 25.4. The first-order valence-electron chi connectivity index (χ1n) is 9.39. The van der Waals surface area contributed by atoms with E-state index in [0.717, 1.165) is 41.8 Å². The fourth-order valence-electron chi connectivity index (χ4n) is 3.75. The number of amides is 1. The van der Waals surface area contributed by atoms with Gasteiger partial charge in [0.1, 0.15) is 12.1 Å². The molecule has 0 saturated carbocycles. The van der Waals surface area contributed by atoms with E-state index >= 15 is 0 Å². The SMILES string of the molecule is Cc1ccc(NC(=O)Cn2ccn3nc4c(c3c2=O)C[C@H](C)CC4)cc1C. The van der Waals surface area contributed by atoms with E-state index in [1.807, 2.05) is 32.0 Å². The minimum Gasteiger partial charge on any atom is -0.325 e. The van der Waals surface area contributed by atoms with Gasteiger partial charge in [-0.1, -0.05) is 13.0 Å². The van der Waals surface area contributed by atoms with Crippen molar-refractivity contribution in [3.05, 3.63) is 63.3 Å². The molecule has 140 valence electrons. The van der Waals surface area contributed by atoms with E-state index < -0.39 is 0 Å². The highest BCUT2D eigenvalue weighted by Crippen LogP contribution is 2.26. The Kier molecular flexibility index (Phi) is 4.34. The van der Waals surface area contributed by atoms with Crippen LogP contribution in [0.1, 0.15) is 35.7 Å². The molecular formula is C21H24N4O2. The normalized spacial score (nSPS) is 16.3. The Balaban J connectivity index is 1.61. The zero-order valence-corrected chi connectivity index (χ0v) is 16.0. The summed E-state index contributed by atoms with van der Waals surface area (Å²) in [5.74, 6) is 0.332. The predicted molar refractivity (Wildman–Crippen MR) is 105 cm³/mol. The van der Waals surface area contributed by atoms with Gasteiger partial charge in [0.25, 0.3) is 5.56 Å². The molecule has 4 rings (SSSR count). The Morgan fingerprint density at radius 2 is 2.07 bits per heavy atom. The average Bonchev–Trinajstić information content (AvgIpc) is 2.99. The standard InChI is InChI=1S/C21H24N4O2/c1-13-4-7-18-17(10-13)20-21(27)24(8-9-25(20)23-18)12-19(26)22-16-6-5-14(2)15(3)11-16/h5-6,8-9,11,13H,4,7,10,12H2,1-3H3,(H,22,26)/t13-/m1/s1. The molecule has 27 heavy (non-hydrogen) atoms. The first-order valence-corrected chi connectivity index (χ1v) is 9.39. The van der Waals surface area contributed by atoms with E-state index in [4.69, 9.17) is 0 Å². The van der Waals surface area contributed by atoms with Crippen LogP contribution in [-0.2, 0) is 24.2 Å². The summed E-state index contributed by atoms with van der Waals surface area (Å²) in [7, 11) is 0. The Morgan fingerprint density at radius 3 is 2.85 bits per heavy atom. The van der Waals surface area contributed by atoms with Crippen LogP contribution >= 0.6 is 0 Å². The molecule has 0 aliphatic heterocycles. The van der Waals surface area contributed by atoms with E-state index in [2.05, 4.69) is 17.3 Å². The van der Waals surface area contributed by atoms with Crippen molar-refractivity contribution in [2.24, 2.45) is 5.92 Å². The fraction of sp³-hybridized carbons (Fsp3) is 0.381. The summed E-state index contributed by atoms with van der Waals surface area (Å²) < 4.78 is 3.13. The molecule has 0 fully saturated rings. The predicted octanol–water partition coefficient (Wildman–Crippen LogP) is 2.88. The summed E-state index contributed by atoms with van der Waals surface area (Å²) >= 11 is 0. The Bertz CT molecular complexity index is 1090. The third-order valence-corrected chi connectivity index (χ3v) is 5.47. The molecule has 1 aromatic carbocycles. The van der Waals surface area contributed by atoms with Crippen molar-refractivity contribution in [1.29, 1.82) is 0 Å². The van der Waals surface area contributed by atoms with Crippen LogP contribution in [0.5, 0.6) is 0 Å². The number of anilines is 1. The molecule has 3 aromatic rings. The third kappa shape index (κ3) is 3.27. The van der Waals surface area contributed by atoms with Crippen LogP contribution in [0.25, 0.3) is 5.52 Å². The maximum Gasteiger partial charge on any atom is 0.277 e. The molecule has 6 heteroatoms. The van der Waals surface area contributed by atoms with Crippen LogP contribution in [0.15, 0.2) is 35.4 Å². The number of carbonyl (C=O) groups excluding carboxylic acids is 1. The summed E-state index contributed by atoms with van der Waals surface area (Å²) in [5.41, 5.74) is 5.55. The number of hydrogen-bond acceptors (Lipinski definition) is 3. The number of fused-ring (bicyclic) bond motifs is 3. The van der Waals surface area contributed by atoms with Gasteiger partial charge in [-0.25, -0.2) is 4.52 Å². The van der Waals surface area contributed by atoms with Crippen LogP contribution in [0, 0.1) is 19.8 Å². The maximum absolute atomic E-state index is 13.0. The molecule has 0 unspecified atom stereocenters. The molecule has 0 bridgehead atoms. The monoisotopic (exact) mass is 364 g/mol. The third-order valence-electron chi connectivity index (χ3n) is 5.47. The summed E-state index contributed by atoms with van der Waals surface area (Å²) in [6, 6.07) is 5.79. The minimum atomic E-state index is -0.216. The van der Waals surface area contributed by atoms with Crippen molar-refractivity contribution >= 4 is 17.1 Å². The minimum absolute atomic E-state index is 0.0161. The summed E-state index contributed by atoms with van der Waals surface area (Å²) in [6.45, 7) is 6.22. The molecule has 2 heterocycles. The number of rotatable bonds is 3. The molecule has 2 aromatic heterocycles. The molecule has 0 radical (unpaired) electrons. The fourth-order valence-corrected chi connectivity index (χ4v) is 3.75. The lowest BCUT2D eigenvalue weighted by Crippen LogP contribution is -2.28. The van der Waals surface area contributed by atoms with Gasteiger partial charge in [-0.15, -0.1) is 0 Å². The van der Waals surface area contributed by atoms with Gasteiger partial charge in [0.15, 0.2) is 0 Å². The van der Waals surface area contributed by atoms with Crippen molar-refractivity contribution in [2.45, 2.75) is 46.6 Å². The topological polar surface area (TPSA) is 68.4 Å². The molecule has 1 N–H and O–H groups in total. The van der Waals surface area contributed by atoms with E-state index in [-0.39, 0.29) is 18.0 Å². The van der Waals surface area contributed by atoms with Crippen LogP contribution in [0.3, 0.4) is 0 Å². The number of nitrogens with one attached hydrogen (secondary N) is 1. The number of carbonyl (C=O) groups is 1. The first kappa shape index (κ1) is 17.5. The molecule has 1 amide bonds. The van der Waals surface area contributed by atoms with Gasteiger partial charge in [0.05, 0.1) is 5.69 Å². The maximum atomic E-state index is 13.0. The molecule has 1 aliphatic rings. The average molecular weight is 364 g/mol. The molecule has 1 aliphatic carbocycles. The second kappa shape index (κ2) is 6.68. The summed E-state index contributed by atoms with van der Waals surface area (Å²) in [5, 5.41) is 7.43. The van der Waals surface area contributed by atoms with E-state index in [1.165, 1.54) is 10.1 Å². The molecule has 0 saturated heterocycles. The van der Waals surface area contributed by atoms with Gasteiger partial charge >= 0.3 is 0 Å². The smallest absolute Gasteiger partial charge is 0.277 e. The van der Waals surface area contributed by atoms with E-state index in [0.29, 0.717) is 11.4 Å². The van der Waals surface area contributed by atoms with Crippen molar-refractivity contribution < 1.29 is 4.79 Å². The van der Waals surface area contributed by atoms with Crippen LogP contribution in [0.4, 0.5) is 5.69 Å². The van der Waals surface area contributed by atoms with E-state index in [9.17, 15) is 9.59 Å². The van der Waals surface area contributed by atoms with E-state index in [1.54, 1.807) is 16.9 Å². The number of benzene rings is 1. The van der Waals surface area contributed by atoms with Gasteiger partial charge < -0.3 is 9.88 Å². The van der Waals surface area contributed by atoms with Crippen molar-refractivity contribution in [2.75, 3.05) is 5.32 Å². The number of aromatic nitrogens is 3. The number of nitrogens with zero attached hydrogens (tertiary/aromatic N) is 3. The van der Waals surface area contributed by atoms with Gasteiger partial charge in [0, 0.05) is 23.6 Å². The lowest BCUT2D eigenvalue weighted by molar-refractivity contribution is -0.116. The number of aryl methyl sites for hydroxylation is 3. The zero-order chi connectivity index (χ0) is 19.1. The second-order valence-electron chi connectivity index (χ2n) is 7.64. The van der Waals surface area contributed by atoms with Crippen LogP contribution < -0.4 is 10.9 Å². The quantitative estimate of drug-likeness (QED) is 0.777. The zero-order valence-electron chi connectivity index (χ0n) is 16.0. The Hall–Kier alpha value is -2.89. The largest absolute Gasteiger partial charge is 0.325 e. The van der Waals surface area contributed by atoms with Gasteiger partial charge in [0.2, 0.25) is 5.91 Å². The Morgan fingerprint density at radius 1 is 1.26 bits per heavy atom. The van der Waals surface area contributed by atoms with Gasteiger partial charge in [-0.3, -0.25) is 9.59 Å². The van der Waals surface area contributed by atoms with Crippen molar-refractivity contribution in [3.63, 3.8) is 0 Å². The molecule has 6 nitrogen and oxygen atoms in total. The Labute approximate surface area is 157 Å². The highest BCUT2D eigenvalue weighted by atomic mass is 16.2. The molecule has 1 atom stereocenters. The van der Waals surface area contributed by atoms with Crippen LogP contribution in [0.2, 0.25) is 0 Å². The van der Waals surface area contributed by atoms with Gasteiger partial charge in [-0.05, 0) is 62.3 Å². The van der Waals surface area contributed by atoms with Gasteiger partial charge in [-0.2, -0.15) is 5.10 Å². The lowest BCUT2D eigenvalue weighted by Gasteiger charge is -2.16. The first-order chi connectivity index (χ1) is 12.9. The summed E-state index contributed by atoms with van der Waals surface area (Å²) in [6.07, 6.45) is 6.28. The van der Waals surface area contributed by atoms with Crippen molar-refractivity contribution in [3.8, 4) is 0 Å². The highest BCUT2D eigenvalue weighted by molar-refractivity contribution is 5.90. The number of hydrogen-bond donors (Lipinski definition) is 1. The lowest BCUT2D eigenvalue weighted by atomic mass is 9.88.